The van der Waals surface area contributed by atoms with Crippen LogP contribution < -0.4 is 9.62 Å². The lowest BCUT2D eigenvalue weighted by Gasteiger charge is -2.26. The lowest BCUT2D eigenvalue weighted by molar-refractivity contribution is -0.121. The Balaban J connectivity index is 1.95. The minimum atomic E-state index is -3.43. The number of nitrogens with one attached hydrogen (secondary N) is 1. The Morgan fingerprint density at radius 1 is 1.07 bits per heavy atom. The molecule has 2 aromatic carbocycles. The summed E-state index contributed by atoms with van der Waals surface area (Å²) in [6.07, 6.45) is 1.97. The molecule has 0 aliphatic carbocycles. The van der Waals surface area contributed by atoms with E-state index in [0.717, 1.165) is 22.4 Å². The largest absolute Gasteiger partial charge is 0.356 e. The molecule has 0 spiro atoms. The molecule has 0 saturated carbocycles. The zero-order chi connectivity index (χ0) is 21.6. The summed E-state index contributed by atoms with van der Waals surface area (Å²) in [5.74, 6) is 0.170. The highest BCUT2D eigenvalue weighted by Crippen LogP contribution is 2.28. The number of sulfonamides is 1. The molecule has 1 N–H and O–H groups in total. The Morgan fingerprint density at radius 3 is 2.21 bits per heavy atom. The number of carbonyl (C=O) groups excluding carboxylic acids is 1. The Bertz CT molecular complexity index is 917. The van der Waals surface area contributed by atoms with Crippen LogP contribution in [0.1, 0.15) is 47.9 Å². The highest BCUT2D eigenvalue weighted by molar-refractivity contribution is 7.92. The normalized spacial score (nSPS) is 12.4. The Labute approximate surface area is 175 Å². The third kappa shape index (κ3) is 6.60. The molecule has 6 heteroatoms. The highest BCUT2D eigenvalue weighted by atomic mass is 32.2. The van der Waals surface area contributed by atoms with Crippen molar-refractivity contribution >= 4 is 21.6 Å². The van der Waals surface area contributed by atoms with E-state index in [-0.39, 0.29) is 24.8 Å². The number of aryl methyl sites for hydroxylation is 3. The van der Waals surface area contributed by atoms with E-state index in [0.29, 0.717) is 13.0 Å². The summed E-state index contributed by atoms with van der Waals surface area (Å²) in [5.41, 5.74) is 4.85. The van der Waals surface area contributed by atoms with Crippen LogP contribution in [0.2, 0.25) is 0 Å². The predicted octanol–water partition coefficient (Wildman–Crippen LogP) is 4.08. The molecule has 0 saturated heterocycles. The monoisotopic (exact) mass is 416 g/mol. The van der Waals surface area contributed by atoms with Crippen molar-refractivity contribution in [2.24, 2.45) is 0 Å². The molecule has 2 rings (SSSR count). The van der Waals surface area contributed by atoms with E-state index < -0.39 is 10.0 Å². The maximum Gasteiger partial charge on any atom is 0.232 e. The molecular weight excluding hydrogens is 384 g/mol. The lowest BCUT2D eigenvalue weighted by Crippen LogP contribution is -2.33. The molecule has 158 valence electrons. The van der Waals surface area contributed by atoms with Crippen molar-refractivity contribution in [2.75, 3.05) is 23.7 Å². The standard InChI is InChI=1S/C23H32N2O3S/c1-17-14-18(2)23(19(3)15-17)25(29(5,27)28)13-9-12-22(26)24-16-20(4)21-10-7-6-8-11-21/h6-8,10-11,14-15,20H,9,12-13,16H2,1-5H3,(H,24,26)/t20-/m1/s1. The molecule has 0 aliphatic rings. The number of hydrogen-bond donors (Lipinski definition) is 1. The van der Waals surface area contributed by atoms with Crippen LogP contribution in [0, 0.1) is 20.8 Å². The highest BCUT2D eigenvalue weighted by Gasteiger charge is 2.21. The first-order chi connectivity index (χ1) is 13.6. The molecule has 0 fully saturated rings. The number of carbonyl (C=O) groups is 1. The van der Waals surface area contributed by atoms with Crippen LogP contribution in [0.25, 0.3) is 0 Å². The van der Waals surface area contributed by atoms with E-state index >= 15 is 0 Å². The number of hydrogen-bond acceptors (Lipinski definition) is 3. The van der Waals surface area contributed by atoms with Crippen LogP contribution in [0.3, 0.4) is 0 Å². The van der Waals surface area contributed by atoms with Gasteiger partial charge in [0.25, 0.3) is 0 Å². The topological polar surface area (TPSA) is 66.5 Å². The van der Waals surface area contributed by atoms with Gasteiger partial charge in [0.2, 0.25) is 15.9 Å². The second-order valence-corrected chi connectivity index (χ2v) is 9.71. The molecule has 1 atom stereocenters. The van der Waals surface area contributed by atoms with E-state index in [9.17, 15) is 13.2 Å². The molecule has 29 heavy (non-hydrogen) atoms. The summed E-state index contributed by atoms with van der Waals surface area (Å²) in [5, 5.41) is 2.96. The van der Waals surface area contributed by atoms with Gasteiger partial charge in [-0.1, -0.05) is 55.0 Å². The van der Waals surface area contributed by atoms with Gasteiger partial charge in [-0.3, -0.25) is 9.10 Å². The SMILES string of the molecule is Cc1cc(C)c(N(CCCC(=O)NC[C@@H](C)c2ccccc2)S(C)(=O)=O)c(C)c1. The number of rotatable bonds is 9. The third-order valence-corrected chi connectivity index (χ3v) is 6.19. The number of amides is 1. The summed E-state index contributed by atoms with van der Waals surface area (Å²) >= 11 is 0. The van der Waals surface area contributed by atoms with Gasteiger partial charge in [-0.05, 0) is 49.8 Å². The quantitative estimate of drug-likeness (QED) is 0.670. The van der Waals surface area contributed by atoms with Gasteiger partial charge in [0.1, 0.15) is 0 Å². The summed E-state index contributed by atoms with van der Waals surface area (Å²) in [6, 6.07) is 14.0. The van der Waals surface area contributed by atoms with Crippen LogP contribution in [0.15, 0.2) is 42.5 Å². The van der Waals surface area contributed by atoms with Crippen molar-refractivity contribution in [3.8, 4) is 0 Å². The van der Waals surface area contributed by atoms with E-state index in [1.807, 2.05) is 63.2 Å². The van der Waals surface area contributed by atoms with Gasteiger partial charge >= 0.3 is 0 Å². The predicted molar refractivity (Wildman–Crippen MR) is 120 cm³/mol. The van der Waals surface area contributed by atoms with E-state index in [1.165, 1.54) is 16.1 Å². The van der Waals surface area contributed by atoms with Gasteiger partial charge in [-0.25, -0.2) is 8.42 Å². The molecule has 0 aliphatic heterocycles. The molecule has 0 heterocycles. The fourth-order valence-electron chi connectivity index (χ4n) is 3.65. The zero-order valence-corrected chi connectivity index (χ0v) is 18.8. The third-order valence-electron chi connectivity index (χ3n) is 5.02. The fourth-order valence-corrected chi connectivity index (χ4v) is 4.73. The zero-order valence-electron chi connectivity index (χ0n) is 18.0. The van der Waals surface area contributed by atoms with Crippen LogP contribution in [0.5, 0.6) is 0 Å². The molecule has 0 unspecified atom stereocenters. The fraction of sp³-hybridized carbons (Fsp3) is 0.435. The molecule has 1 amide bonds. The first-order valence-electron chi connectivity index (χ1n) is 9.96. The minimum absolute atomic E-state index is 0.0569. The van der Waals surface area contributed by atoms with Crippen molar-refractivity contribution in [2.45, 2.75) is 46.5 Å². The maximum absolute atomic E-state index is 12.4. The van der Waals surface area contributed by atoms with Gasteiger partial charge in [0, 0.05) is 19.5 Å². The van der Waals surface area contributed by atoms with Gasteiger partial charge in [0.05, 0.1) is 11.9 Å². The Hall–Kier alpha value is -2.34. The van der Waals surface area contributed by atoms with Crippen molar-refractivity contribution < 1.29 is 13.2 Å². The summed E-state index contributed by atoms with van der Waals surface area (Å²) in [7, 11) is -3.43. The second kappa shape index (κ2) is 9.92. The van der Waals surface area contributed by atoms with Crippen molar-refractivity contribution in [3.05, 3.63) is 64.7 Å². The van der Waals surface area contributed by atoms with Gasteiger partial charge in [-0.15, -0.1) is 0 Å². The summed E-state index contributed by atoms with van der Waals surface area (Å²) in [6.45, 7) is 8.76. The smallest absolute Gasteiger partial charge is 0.232 e. The van der Waals surface area contributed by atoms with Crippen molar-refractivity contribution in [3.63, 3.8) is 0 Å². The molecular formula is C23H32N2O3S. The van der Waals surface area contributed by atoms with Crippen LogP contribution in [-0.4, -0.2) is 33.7 Å². The van der Waals surface area contributed by atoms with E-state index in [1.54, 1.807) is 0 Å². The molecule has 5 nitrogen and oxygen atoms in total. The number of anilines is 1. The van der Waals surface area contributed by atoms with Crippen molar-refractivity contribution in [1.29, 1.82) is 0 Å². The molecule has 0 bridgehead atoms. The molecule has 0 aromatic heterocycles. The minimum Gasteiger partial charge on any atom is -0.356 e. The first-order valence-corrected chi connectivity index (χ1v) is 11.8. The lowest BCUT2D eigenvalue weighted by atomic mass is 10.0. The summed E-state index contributed by atoms with van der Waals surface area (Å²) < 4.78 is 26.2. The van der Waals surface area contributed by atoms with E-state index in [2.05, 4.69) is 12.2 Å². The Kier molecular flexibility index (Phi) is 7.85. The Morgan fingerprint density at radius 2 is 1.66 bits per heavy atom. The number of nitrogens with zero attached hydrogens (tertiary/aromatic N) is 1. The van der Waals surface area contributed by atoms with Crippen molar-refractivity contribution in [1.82, 2.24) is 5.32 Å². The van der Waals surface area contributed by atoms with Gasteiger partial charge in [0.15, 0.2) is 0 Å². The molecule has 0 radical (unpaired) electrons. The second-order valence-electron chi connectivity index (χ2n) is 7.80. The van der Waals surface area contributed by atoms with Crippen LogP contribution in [0.4, 0.5) is 5.69 Å². The summed E-state index contributed by atoms with van der Waals surface area (Å²) in [4.78, 5) is 12.2. The van der Waals surface area contributed by atoms with Crippen LogP contribution >= 0.6 is 0 Å². The average Bonchev–Trinajstić information content (AvgIpc) is 2.64. The van der Waals surface area contributed by atoms with Gasteiger partial charge < -0.3 is 5.32 Å². The van der Waals surface area contributed by atoms with Gasteiger partial charge in [-0.2, -0.15) is 0 Å². The van der Waals surface area contributed by atoms with E-state index in [4.69, 9.17) is 0 Å². The number of benzene rings is 2. The maximum atomic E-state index is 12.4. The van der Waals surface area contributed by atoms with Crippen LogP contribution in [-0.2, 0) is 14.8 Å². The molecule has 2 aromatic rings. The average molecular weight is 417 g/mol. The first kappa shape index (κ1) is 22.9.